The van der Waals surface area contributed by atoms with E-state index in [2.05, 4.69) is 10.6 Å². The van der Waals surface area contributed by atoms with E-state index in [1.807, 2.05) is 0 Å². The fraction of sp³-hybridized carbons (Fsp3) is 0.556. The number of rotatable bonds is 2. The average molecular weight is 349 g/mol. The van der Waals surface area contributed by atoms with Crippen molar-refractivity contribution in [1.29, 1.82) is 0 Å². The van der Waals surface area contributed by atoms with Gasteiger partial charge in [-0.05, 0) is 74.5 Å². The number of aromatic hydroxyl groups is 1. The van der Waals surface area contributed by atoms with Crippen molar-refractivity contribution in [3.05, 3.63) is 23.2 Å². The number of hydrogen-bond acceptors (Lipinski definition) is 3. The summed E-state index contributed by atoms with van der Waals surface area (Å²) in [5.41, 5.74) is -0.0623. The van der Waals surface area contributed by atoms with Gasteiger partial charge in [-0.1, -0.05) is 11.6 Å². The molecule has 2 amide bonds. The second-order valence-corrected chi connectivity index (χ2v) is 8.20. The zero-order valence-electron chi connectivity index (χ0n) is 13.3. The summed E-state index contributed by atoms with van der Waals surface area (Å²) >= 11 is 5.86. The van der Waals surface area contributed by atoms with Gasteiger partial charge in [0.15, 0.2) is 0 Å². The molecule has 128 valence electrons. The molecule has 0 unspecified atom stereocenters. The maximum Gasteiger partial charge on any atom is 0.313 e. The van der Waals surface area contributed by atoms with Gasteiger partial charge in [-0.25, -0.2) is 0 Å². The van der Waals surface area contributed by atoms with E-state index in [1.165, 1.54) is 37.5 Å². The van der Waals surface area contributed by atoms with Crippen molar-refractivity contribution < 1.29 is 14.7 Å². The lowest BCUT2D eigenvalue weighted by Gasteiger charge is -2.56. The van der Waals surface area contributed by atoms with Crippen LogP contribution in [-0.2, 0) is 9.59 Å². The Kier molecular flexibility index (Phi) is 3.71. The number of phenolic OH excluding ortho intramolecular Hbond substituents is 1. The molecule has 0 atom stereocenters. The first-order chi connectivity index (χ1) is 11.4. The van der Waals surface area contributed by atoms with E-state index in [4.69, 9.17) is 11.6 Å². The smallest absolute Gasteiger partial charge is 0.313 e. The lowest BCUT2D eigenvalue weighted by molar-refractivity contribution is -0.139. The molecule has 0 spiro atoms. The van der Waals surface area contributed by atoms with E-state index in [-0.39, 0.29) is 17.0 Å². The maximum atomic E-state index is 12.4. The number of hydrogen-bond donors (Lipinski definition) is 3. The molecule has 0 aliphatic heterocycles. The zero-order chi connectivity index (χ0) is 16.9. The normalized spacial score (nSPS) is 33.3. The number of anilines is 1. The molecule has 4 aliphatic carbocycles. The summed E-state index contributed by atoms with van der Waals surface area (Å²) in [5.74, 6) is 0.569. The predicted molar refractivity (Wildman–Crippen MR) is 90.8 cm³/mol. The summed E-state index contributed by atoms with van der Waals surface area (Å²) in [6.07, 6.45) is 6.79. The van der Waals surface area contributed by atoms with Crippen LogP contribution in [-0.4, -0.2) is 22.5 Å². The van der Waals surface area contributed by atoms with Gasteiger partial charge in [0.1, 0.15) is 5.75 Å². The number of halogens is 1. The molecule has 0 radical (unpaired) electrons. The molecule has 3 N–H and O–H groups in total. The molecule has 0 heterocycles. The number of phenols is 1. The van der Waals surface area contributed by atoms with Gasteiger partial charge >= 0.3 is 11.8 Å². The van der Waals surface area contributed by atoms with E-state index >= 15 is 0 Å². The lowest BCUT2D eigenvalue weighted by atomic mass is 9.53. The van der Waals surface area contributed by atoms with Gasteiger partial charge in [-0.3, -0.25) is 9.59 Å². The highest BCUT2D eigenvalue weighted by atomic mass is 35.5. The van der Waals surface area contributed by atoms with Crippen molar-refractivity contribution in [3.8, 4) is 5.75 Å². The SMILES string of the molecule is O=C(Nc1cc(Cl)ccc1O)C(=O)NC12CC3CC(CC(C3)C1)C2. The maximum absolute atomic E-state index is 12.4. The Balaban J connectivity index is 1.44. The highest BCUT2D eigenvalue weighted by molar-refractivity contribution is 6.40. The molecule has 5 nitrogen and oxygen atoms in total. The summed E-state index contributed by atoms with van der Waals surface area (Å²) < 4.78 is 0. The Morgan fingerprint density at radius 3 is 2.21 bits per heavy atom. The number of carbonyl (C=O) groups excluding carboxylic acids is 2. The van der Waals surface area contributed by atoms with Crippen LogP contribution >= 0.6 is 11.6 Å². The summed E-state index contributed by atoms with van der Waals surface area (Å²) in [5, 5.41) is 15.6. The first-order valence-electron chi connectivity index (χ1n) is 8.54. The molecule has 1 aromatic carbocycles. The largest absolute Gasteiger partial charge is 0.506 e. The summed E-state index contributed by atoms with van der Waals surface area (Å²) in [6.45, 7) is 0. The van der Waals surface area contributed by atoms with E-state index in [0.29, 0.717) is 22.8 Å². The molecule has 24 heavy (non-hydrogen) atoms. The highest BCUT2D eigenvalue weighted by Gasteiger charge is 2.51. The predicted octanol–water partition coefficient (Wildman–Crippen LogP) is 3.07. The van der Waals surface area contributed by atoms with Crippen LogP contribution in [0.5, 0.6) is 5.75 Å². The van der Waals surface area contributed by atoms with E-state index in [9.17, 15) is 14.7 Å². The standard InChI is InChI=1S/C18H21ClN2O3/c19-13-1-2-15(22)14(6-13)20-16(23)17(24)21-18-7-10-3-11(8-18)5-12(4-10)9-18/h1-2,6,10-12,22H,3-5,7-9H2,(H,20,23)(H,21,24). The summed E-state index contributed by atoms with van der Waals surface area (Å²) in [7, 11) is 0. The molecule has 4 fully saturated rings. The van der Waals surface area contributed by atoms with Crippen molar-refractivity contribution in [2.45, 2.75) is 44.1 Å². The van der Waals surface area contributed by atoms with Gasteiger partial charge in [0, 0.05) is 10.6 Å². The Hall–Kier alpha value is -1.75. The minimum atomic E-state index is -0.761. The van der Waals surface area contributed by atoms with Crippen LogP contribution in [0.4, 0.5) is 5.69 Å². The molecule has 0 saturated heterocycles. The molecule has 4 aliphatic rings. The van der Waals surface area contributed by atoms with Gasteiger partial charge in [0.25, 0.3) is 0 Å². The van der Waals surface area contributed by atoms with Crippen LogP contribution in [0.15, 0.2) is 18.2 Å². The zero-order valence-corrected chi connectivity index (χ0v) is 14.1. The highest BCUT2D eigenvalue weighted by Crippen LogP contribution is 2.55. The Labute approximate surface area is 145 Å². The van der Waals surface area contributed by atoms with Gasteiger partial charge < -0.3 is 15.7 Å². The van der Waals surface area contributed by atoms with Crippen molar-refractivity contribution >= 4 is 29.1 Å². The second kappa shape index (κ2) is 5.66. The van der Waals surface area contributed by atoms with Crippen LogP contribution in [0, 0.1) is 17.8 Å². The van der Waals surface area contributed by atoms with Crippen molar-refractivity contribution in [2.75, 3.05) is 5.32 Å². The third-order valence-electron chi connectivity index (χ3n) is 5.83. The Bertz CT molecular complexity index is 668. The lowest BCUT2D eigenvalue weighted by Crippen LogP contribution is -2.61. The van der Waals surface area contributed by atoms with Crippen LogP contribution in [0.25, 0.3) is 0 Å². The fourth-order valence-corrected chi connectivity index (χ4v) is 5.52. The monoisotopic (exact) mass is 348 g/mol. The van der Waals surface area contributed by atoms with Crippen LogP contribution < -0.4 is 10.6 Å². The van der Waals surface area contributed by atoms with Crippen LogP contribution in [0.3, 0.4) is 0 Å². The van der Waals surface area contributed by atoms with E-state index in [0.717, 1.165) is 19.3 Å². The first kappa shape index (κ1) is 15.8. The topological polar surface area (TPSA) is 78.4 Å². The molecule has 6 heteroatoms. The second-order valence-electron chi connectivity index (χ2n) is 7.77. The Morgan fingerprint density at radius 1 is 1.04 bits per heavy atom. The van der Waals surface area contributed by atoms with Crippen molar-refractivity contribution in [3.63, 3.8) is 0 Å². The van der Waals surface area contributed by atoms with Gasteiger partial charge in [0.05, 0.1) is 5.69 Å². The average Bonchev–Trinajstić information content (AvgIpc) is 2.49. The van der Waals surface area contributed by atoms with Gasteiger partial charge in [-0.15, -0.1) is 0 Å². The minimum absolute atomic E-state index is 0.115. The minimum Gasteiger partial charge on any atom is -0.506 e. The van der Waals surface area contributed by atoms with E-state index in [1.54, 1.807) is 0 Å². The fourth-order valence-electron chi connectivity index (χ4n) is 5.35. The third kappa shape index (κ3) is 2.86. The first-order valence-corrected chi connectivity index (χ1v) is 8.92. The number of benzene rings is 1. The van der Waals surface area contributed by atoms with Gasteiger partial charge in [-0.2, -0.15) is 0 Å². The van der Waals surface area contributed by atoms with Crippen molar-refractivity contribution in [1.82, 2.24) is 5.32 Å². The quantitative estimate of drug-likeness (QED) is 0.567. The molecule has 0 aromatic heterocycles. The molecular formula is C18H21ClN2O3. The van der Waals surface area contributed by atoms with Crippen LogP contribution in [0.1, 0.15) is 38.5 Å². The van der Waals surface area contributed by atoms with Gasteiger partial charge in [0.2, 0.25) is 0 Å². The molecular weight excluding hydrogens is 328 g/mol. The number of amides is 2. The molecule has 4 bridgehead atoms. The molecule has 4 saturated carbocycles. The third-order valence-corrected chi connectivity index (χ3v) is 6.07. The van der Waals surface area contributed by atoms with Crippen LogP contribution in [0.2, 0.25) is 5.02 Å². The number of carbonyl (C=O) groups is 2. The van der Waals surface area contributed by atoms with Crippen molar-refractivity contribution in [2.24, 2.45) is 17.8 Å². The Morgan fingerprint density at radius 2 is 1.62 bits per heavy atom. The number of nitrogens with one attached hydrogen (secondary N) is 2. The van der Waals surface area contributed by atoms with E-state index < -0.39 is 11.8 Å². The molecule has 5 rings (SSSR count). The summed E-state index contributed by atoms with van der Waals surface area (Å²) in [4.78, 5) is 24.6. The summed E-state index contributed by atoms with van der Waals surface area (Å²) in [6, 6.07) is 4.32. The molecule has 1 aromatic rings.